The molecular formula is C14H24N2O. The average Bonchev–Trinajstić information content (AvgIpc) is 2.29. The van der Waals surface area contributed by atoms with E-state index in [0.29, 0.717) is 11.8 Å². The third-order valence-electron chi connectivity index (χ3n) is 3.84. The first kappa shape index (κ1) is 14.0. The van der Waals surface area contributed by atoms with Crippen molar-refractivity contribution < 1.29 is 4.79 Å². The van der Waals surface area contributed by atoms with E-state index in [1.165, 1.54) is 19.3 Å². The fourth-order valence-electron chi connectivity index (χ4n) is 2.54. The molecule has 1 amide bonds. The Hall–Kier alpha value is -1.04. The molecule has 0 saturated heterocycles. The molecule has 1 aliphatic carbocycles. The normalized spacial score (nSPS) is 25.4. The van der Waals surface area contributed by atoms with E-state index in [2.05, 4.69) is 25.2 Å². The number of hydrogen-bond acceptors (Lipinski definition) is 2. The maximum Gasteiger partial charge on any atom is 0.240 e. The van der Waals surface area contributed by atoms with E-state index in [1.807, 2.05) is 0 Å². The maximum absolute atomic E-state index is 12.0. The molecular weight excluding hydrogens is 212 g/mol. The van der Waals surface area contributed by atoms with Crippen molar-refractivity contribution in [1.82, 2.24) is 5.32 Å². The van der Waals surface area contributed by atoms with Gasteiger partial charge in [0.05, 0.1) is 6.07 Å². The highest BCUT2D eigenvalue weighted by atomic mass is 16.2. The zero-order chi connectivity index (χ0) is 13.1. The zero-order valence-electron chi connectivity index (χ0n) is 11.4. The number of carbonyl (C=O) groups is 1. The van der Waals surface area contributed by atoms with Crippen molar-refractivity contribution in [3.8, 4) is 6.07 Å². The van der Waals surface area contributed by atoms with Crippen LogP contribution in [0.2, 0.25) is 0 Å². The number of nitrogens with zero attached hydrogens (tertiary/aromatic N) is 1. The number of nitriles is 1. The van der Waals surface area contributed by atoms with E-state index < -0.39 is 5.41 Å². The molecule has 17 heavy (non-hydrogen) atoms. The lowest BCUT2D eigenvalue weighted by molar-refractivity contribution is -0.128. The van der Waals surface area contributed by atoms with Crippen molar-refractivity contribution in [2.75, 3.05) is 0 Å². The van der Waals surface area contributed by atoms with E-state index in [4.69, 9.17) is 5.26 Å². The molecule has 2 unspecified atom stereocenters. The Balaban J connectivity index is 2.66. The number of rotatable bonds is 3. The number of hydrogen-bond donors (Lipinski definition) is 1. The van der Waals surface area contributed by atoms with Gasteiger partial charge < -0.3 is 5.32 Å². The van der Waals surface area contributed by atoms with Crippen molar-refractivity contribution in [2.24, 2.45) is 17.3 Å². The second-order valence-electron chi connectivity index (χ2n) is 6.01. The molecule has 0 radical (unpaired) electrons. The largest absolute Gasteiger partial charge is 0.352 e. The minimum Gasteiger partial charge on any atom is -0.352 e. The lowest BCUT2D eigenvalue weighted by atomic mass is 9.77. The van der Waals surface area contributed by atoms with Gasteiger partial charge in [-0.2, -0.15) is 5.26 Å². The van der Waals surface area contributed by atoms with Crippen molar-refractivity contribution in [1.29, 1.82) is 5.26 Å². The van der Waals surface area contributed by atoms with Crippen LogP contribution in [0.15, 0.2) is 0 Å². The first-order valence-corrected chi connectivity index (χ1v) is 6.60. The van der Waals surface area contributed by atoms with Crippen LogP contribution in [0.5, 0.6) is 0 Å². The minimum absolute atomic E-state index is 0.127. The molecule has 0 bridgehead atoms. The fraction of sp³-hybridized carbons (Fsp3) is 0.857. The van der Waals surface area contributed by atoms with Gasteiger partial charge in [0, 0.05) is 6.04 Å². The van der Waals surface area contributed by atoms with Crippen LogP contribution < -0.4 is 5.32 Å². The van der Waals surface area contributed by atoms with Crippen LogP contribution in [0.3, 0.4) is 0 Å². The molecule has 3 heteroatoms. The van der Waals surface area contributed by atoms with Gasteiger partial charge in [0.1, 0.15) is 5.41 Å². The Labute approximate surface area is 105 Å². The molecule has 1 aliphatic rings. The van der Waals surface area contributed by atoms with Gasteiger partial charge in [0.15, 0.2) is 0 Å². The molecule has 0 heterocycles. The summed E-state index contributed by atoms with van der Waals surface area (Å²) in [6.45, 7) is 7.78. The predicted molar refractivity (Wildman–Crippen MR) is 68.1 cm³/mol. The molecule has 1 rings (SSSR count). The van der Waals surface area contributed by atoms with Crippen LogP contribution in [-0.4, -0.2) is 11.9 Å². The fourth-order valence-corrected chi connectivity index (χ4v) is 2.54. The topological polar surface area (TPSA) is 52.9 Å². The van der Waals surface area contributed by atoms with Crippen LogP contribution in [0.25, 0.3) is 0 Å². The van der Waals surface area contributed by atoms with Crippen molar-refractivity contribution in [3.05, 3.63) is 0 Å². The molecule has 0 aromatic carbocycles. The maximum atomic E-state index is 12.0. The summed E-state index contributed by atoms with van der Waals surface area (Å²) < 4.78 is 0. The summed E-state index contributed by atoms with van der Waals surface area (Å²) in [5, 5.41) is 12.0. The molecule has 1 saturated carbocycles. The lowest BCUT2D eigenvalue weighted by Crippen LogP contribution is -2.48. The molecule has 96 valence electrons. The highest BCUT2D eigenvalue weighted by Crippen LogP contribution is 2.30. The highest BCUT2D eigenvalue weighted by molar-refractivity contribution is 5.84. The van der Waals surface area contributed by atoms with Gasteiger partial charge in [0.2, 0.25) is 5.91 Å². The Morgan fingerprint density at radius 3 is 2.47 bits per heavy atom. The van der Waals surface area contributed by atoms with Crippen molar-refractivity contribution in [2.45, 2.75) is 59.4 Å². The Bertz CT molecular complexity index is 315. The van der Waals surface area contributed by atoms with Gasteiger partial charge in [-0.25, -0.2) is 0 Å². The van der Waals surface area contributed by atoms with E-state index in [9.17, 15) is 4.79 Å². The molecule has 2 atom stereocenters. The summed E-state index contributed by atoms with van der Waals surface area (Å²) in [7, 11) is 0. The number of amides is 1. The molecule has 3 nitrogen and oxygen atoms in total. The highest BCUT2D eigenvalue weighted by Gasteiger charge is 2.33. The Kier molecular flexibility index (Phi) is 4.56. The van der Waals surface area contributed by atoms with Crippen LogP contribution >= 0.6 is 0 Å². The van der Waals surface area contributed by atoms with Gasteiger partial charge in [-0.15, -0.1) is 0 Å². The van der Waals surface area contributed by atoms with Crippen LogP contribution in [0, 0.1) is 28.6 Å². The third kappa shape index (κ3) is 3.46. The van der Waals surface area contributed by atoms with E-state index in [-0.39, 0.29) is 11.9 Å². The van der Waals surface area contributed by atoms with Crippen LogP contribution in [0.4, 0.5) is 0 Å². The summed E-state index contributed by atoms with van der Waals surface area (Å²) in [6, 6.07) is 2.32. The molecule has 1 fully saturated rings. The Morgan fingerprint density at radius 1 is 1.35 bits per heavy atom. The van der Waals surface area contributed by atoms with E-state index in [0.717, 1.165) is 6.42 Å². The summed E-state index contributed by atoms with van der Waals surface area (Å²) in [5.74, 6) is 1.02. The second kappa shape index (κ2) is 5.53. The van der Waals surface area contributed by atoms with Crippen molar-refractivity contribution >= 4 is 5.91 Å². The van der Waals surface area contributed by atoms with Gasteiger partial charge in [-0.05, 0) is 38.5 Å². The van der Waals surface area contributed by atoms with Gasteiger partial charge in [-0.3, -0.25) is 4.79 Å². The molecule has 0 aliphatic heterocycles. The summed E-state index contributed by atoms with van der Waals surface area (Å²) in [5.41, 5.74) is -0.918. The lowest BCUT2D eigenvalue weighted by Gasteiger charge is -2.36. The van der Waals surface area contributed by atoms with Crippen LogP contribution in [0.1, 0.15) is 53.4 Å². The van der Waals surface area contributed by atoms with Crippen LogP contribution in [-0.2, 0) is 4.79 Å². The standard InChI is InChI=1S/C14H24N2O/c1-10(2)11-7-5-6-8-12(11)16-13(17)14(3,4)9-15/h10-12H,5-8H2,1-4H3,(H,16,17). The first-order valence-electron chi connectivity index (χ1n) is 6.60. The van der Waals surface area contributed by atoms with Gasteiger partial charge in [-0.1, -0.05) is 26.7 Å². The van der Waals surface area contributed by atoms with E-state index in [1.54, 1.807) is 13.8 Å². The summed E-state index contributed by atoms with van der Waals surface area (Å²) in [6.07, 6.45) is 4.68. The average molecular weight is 236 g/mol. The second-order valence-corrected chi connectivity index (χ2v) is 6.01. The summed E-state index contributed by atoms with van der Waals surface area (Å²) >= 11 is 0. The zero-order valence-corrected chi connectivity index (χ0v) is 11.4. The molecule has 0 spiro atoms. The predicted octanol–water partition coefficient (Wildman–Crippen LogP) is 2.87. The molecule has 0 aromatic rings. The minimum atomic E-state index is -0.918. The van der Waals surface area contributed by atoms with Crippen molar-refractivity contribution in [3.63, 3.8) is 0 Å². The van der Waals surface area contributed by atoms with Gasteiger partial charge in [0.25, 0.3) is 0 Å². The third-order valence-corrected chi connectivity index (χ3v) is 3.84. The van der Waals surface area contributed by atoms with Gasteiger partial charge >= 0.3 is 0 Å². The SMILES string of the molecule is CC(C)C1CCCCC1NC(=O)C(C)(C)C#N. The monoisotopic (exact) mass is 236 g/mol. The molecule has 1 N–H and O–H groups in total. The van der Waals surface area contributed by atoms with E-state index >= 15 is 0 Å². The number of nitrogens with one attached hydrogen (secondary N) is 1. The quantitative estimate of drug-likeness (QED) is 0.819. The number of carbonyl (C=O) groups excluding carboxylic acids is 1. The Morgan fingerprint density at radius 2 is 1.94 bits per heavy atom. The molecule has 0 aromatic heterocycles. The first-order chi connectivity index (χ1) is 7.88. The summed E-state index contributed by atoms with van der Waals surface area (Å²) in [4.78, 5) is 12.0. The smallest absolute Gasteiger partial charge is 0.240 e.